The lowest BCUT2D eigenvalue weighted by Crippen LogP contribution is -2.48. The molecule has 13 heteroatoms. The molecule has 0 aliphatic carbocycles. The normalized spacial score (nSPS) is 21.1. The van der Waals surface area contributed by atoms with Crippen molar-refractivity contribution in [2.24, 2.45) is 10.9 Å². The Morgan fingerprint density at radius 2 is 1.98 bits per heavy atom. The number of likely N-dealkylation sites (tertiary alicyclic amines) is 1. The van der Waals surface area contributed by atoms with Crippen LogP contribution >= 0.6 is 0 Å². The lowest BCUT2D eigenvalue weighted by atomic mass is 9.89. The molecular weight excluding hydrogens is 564 g/mol. The van der Waals surface area contributed by atoms with Gasteiger partial charge in [-0.15, -0.1) is 5.10 Å². The minimum Gasteiger partial charge on any atom is -0.380 e. The highest BCUT2D eigenvalue weighted by molar-refractivity contribution is 5.90. The molecule has 5 heterocycles. The van der Waals surface area contributed by atoms with Gasteiger partial charge in [-0.2, -0.15) is 18.2 Å². The summed E-state index contributed by atoms with van der Waals surface area (Å²) in [6, 6.07) is 5.28. The van der Waals surface area contributed by atoms with Crippen LogP contribution in [0.15, 0.2) is 29.4 Å². The second-order valence-electron chi connectivity index (χ2n) is 11.3. The molecule has 5 rings (SSSR count). The largest absolute Gasteiger partial charge is 0.389 e. The number of aromatic nitrogens is 4. The summed E-state index contributed by atoms with van der Waals surface area (Å²) in [4.78, 5) is 16.3. The van der Waals surface area contributed by atoms with E-state index in [-0.39, 0.29) is 12.3 Å². The number of aliphatic imine (C=N–C) groups is 1. The highest BCUT2D eigenvalue weighted by Gasteiger charge is 2.31. The third kappa shape index (κ3) is 7.61. The highest BCUT2D eigenvalue weighted by Crippen LogP contribution is 2.35. The summed E-state index contributed by atoms with van der Waals surface area (Å²) in [6.07, 6.45) is -1.59. The van der Waals surface area contributed by atoms with Crippen molar-refractivity contribution in [2.45, 2.75) is 70.8 Å². The average Bonchev–Trinajstić information content (AvgIpc) is 3.40. The molecule has 0 aromatic carbocycles. The van der Waals surface area contributed by atoms with Crippen molar-refractivity contribution in [2.75, 3.05) is 50.5 Å². The predicted molar refractivity (Wildman–Crippen MR) is 160 cm³/mol. The van der Waals surface area contributed by atoms with Gasteiger partial charge in [0.2, 0.25) is 5.95 Å². The molecule has 0 bridgehead atoms. The number of nitrogens with one attached hydrogen (secondary N) is 2. The van der Waals surface area contributed by atoms with Crippen molar-refractivity contribution >= 4 is 28.7 Å². The maximum Gasteiger partial charge on any atom is 0.389 e. The van der Waals surface area contributed by atoms with E-state index in [9.17, 15) is 13.2 Å². The Labute approximate surface area is 249 Å². The summed E-state index contributed by atoms with van der Waals surface area (Å²) in [5.41, 5.74) is 4.57. The highest BCUT2D eigenvalue weighted by atomic mass is 19.4. The minimum atomic E-state index is -4.16. The van der Waals surface area contributed by atoms with Crippen LogP contribution in [0.25, 0.3) is 16.8 Å². The van der Waals surface area contributed by atoms with Gasteiger partial charge in [-0.1, -0.05) is 6.92 Å². The molecule has 0 amide bonds. The van der Waals surface area contributed by atoms with E-state index >= 15 is 4.39 Å². The number of pyridine rings is 1. The van der Waals surface area contributed by atoms with Crippen LogP contribution in [0.5, 0.6) is 0 Å². The topological polar surface area (TPSA) is 92.0 Å². The quantitative estimate of drug-likeness (QED) is 0.191. The molecular formula is C30H40F4N8O. The van der Waals surface area contributed by atoms with Crippen LogP contribution in [0.3, 0.4) is 0 Å². The number of halogens is 4. The number of rotatable bonds is 12. The summed E-state index contributed by atoms with van der Waals surface area (Å²) >= 11 is 0. The van der Waals surface area contributed by atoms with Crippen LogP contribution in [0.2, 0.25) is 0 Å². The zero-order valence-electron chi connectivity index (χ0n) is 24.9. The Bertz CT molecular complexity index is 1430. The molecule has 0 spiro atoms. The van der Waals surface area contributed by atoms with Gasteiger partial charge in [0, 0.05) is 63.1 Å². The van der Waals surface area contributed by atoms with Crippen molar-refractivity contribution in [1.29, 1.82) is 0 Å². The monoisotopic (exact) mass is 604 g/mol. The first-order chi connectivity index (χ1) is 20.6. The number of anilines is 2. The van der Waals surface area contributed by atoms with E-state index < -0.39 is 24.8 Å². The van der Waals surface area contributed by atoms with Gasteiger partial charge in [0.05, 0.1) is 29.7 Å². The van der Waals surface area contributed by atoms with E-state index in [4.69, 9.17) is 9.72 Å². The molecule has 0 radical (unpaired) electrons. The number of nitrogens with zero attached hydrogens (tertiary/aromatic N) is 6. The Morgan fingerprint density at radius 3 is 2.72 bits per heavy atom. The third-order valence-electron chi connectivity index (χ3n) is 8.15. The van der Waals surface area contributed by atoms with Gasteiger partial charge in [0.25, 0.3) is 0 Å². The molecule has 3 atom stereocenters. The predicted octanol–water partition coefficient (Wildman–Crippen LogP) is 6.08. The first kappa shape index (κ1) is 31.1. The molecule has 2 aliphatic rings. The van der Waals surface area contributed by atoms with Gasteiger partial charge in [0.15, 0.2) is 5.82 Å². The van der Waals surface area contributed by atoms with E-state index in [1.54, 1.807) is 11.6 Å². The number of hydrogen-bond acceptors (Lipinski definition) is 8. The molecule has 9 nitrogen and oxygen atoms in total. The van der Waals surface area contributed by atoms with Crippen molar-refractivity contribution in [3.05, 3.63) is 30.1 Å². The lowest BCUT2D eigenvalue weighted by Gasteiger charge is -2.34. The van der Waals surface area contributed by atoms with Crippen LogP contribution in [0, 0.1) is 5.92 Å². The van der Waals surface area contributed by atoms with Gasteiger partial charge < -0.3 is 15.4 Å². The van der Waals surface area contributed by atoms with Crippen LogP contribution in [0.1, 0.15) is 51.6 Å². The summed E-state index contributed by atoms with van der Waals surface area (Å²) in [7, 11) is 1.77. The molecule has 234 valence electrons. The Hall–Kier alpha value is -3.32. The maximum atomic E-state index is 15.1. The van der Waals surface area contributed by atoms with Crippen LogP contribution in [0.4, 0.5) is 35.0 Å². The molecule has 43 heavy (non-hydrogen) atoms. The second-order valence-corrected chi connectivity index (χ2v) is 11.3. The Kier molecular flexibility index (Phi) is 9.80. The minimum absolute atomic E-state index is 0.0652. The first-order valence-electron chi connectivity index (χ1n) is 15.0. The van der Waals surface area contributed by atoms with E-state index in [1.807, 2.05) is 31.3 Å². The summed E-state index contributed by atoms with van der Waals surface area (Å²) in [5.74, 6) is 0.821. The molecule has 3 aromatic rings. The first-order valence-corrected chi connectivity index (χ1v) is 15.0. The molecule has 2 N–H and O–H groups in total. The smallest absolute Gasteiger partial charge is 0.380 e. The summed E-state index contributed by atoms with van der Waals surface area (Å²) < 4.78 is 60.4. The molecule has 1 fully saturated rings. The van der Waals surface area contributed by atoms with Gasteiger partial charge in [-0.3, -0.25) is 14.9 Å². The number of alkyl halides is 4. The van der Waals surface area contributed by atoms with Crippen LogP contribution in [-0.4, -0.2) is 88.5 Å². The van der Waals surface area contributed by atoms with E-state index in [0.29, 0.717) is 56.4 Å². The number of ether oxygens (including phenoxy) is 1. The van der Waals surface area contributed by atoms with Gasteiger partial charge >= 0.3 is 6.18 Å². The fourth-order valence-electron chi connectivity index (χ4n) is 5.82. The number of hydrogen-bond donors (Lipinski definition) is 2. The van der Waals surface area contributed by atoms with Gasteiger partial charge in [-0.05, 0) is 57.2 Å². The fraction of sp³-hybridized carbons (Fsp3) is 0.600. The molecule has 2 aliphatic heterocycles. The van der Waals surface area contributed by atoms with Crippen molar-refractivity contribution in [3.63, 3.8) is 0 Å². The molecule has 3 aromatic heterocycles. The van der Waals surface area contributed by atoms with E-state index in [0.717, 1.165) is 47.7 Å². The van der Waals surface area contributed by atoms with Gasteiger partial charge in [0.1, 0.15) is 11.7 Å². The number of piperidine rings is 1. The van der Waals surface area contributed by atoms with Crippen molar-refractivity contribution in [3.8, 4) is 11.3 Å². The Morgan fingerprint density at radius 1 is 1.14 bits per heavy atom. The second kappa shape index (κ2) is 13.5. The third-order valence-corrected chi connectivity index (χ3v) is 8.15. The zero-order chi connectivity index (χ0) is 30.6. The fourth-order valence-corrected chi connectivity index (χ4v) is 5.82. The SMILES string of the molecule is CCCOCCN1CC[C@@H](Nc2nc(NC)c3c(-c4ccc5c(n4)CC(CCCC(F)(F)F)C(C)=N5)ccn3n2)[C@@H](F)C1. The van der Waals surface area contributed by atoms with E-state index in [1.165, 1.54) is 0 Å². The van der Waals surface area contributed by atoms with E-state index in [2.05, 4.69) is 37.5 Å². The van der Waals surface area contributed by atoms with Crippen molar-refractivity contribution in [1.82, 2.24) is 24.5 Å². The lowest BCUT2D eigenvalue weighted by molar-refractivity contribution is -0.135. The number of fused-ring (bicyclic) bond motifs is 2. The molecule has 1 saturated heterocycles. The average molecular weight is 605 g/mol. The van der Waals surface area contributed by atoms with Crippen LogP contribution in [-0.2, 0) is 11.2 Å². The van der Waals surface area contributed by atoms with Gasteiger partial charge in [-0.25, -0.2) is 8.91 Å². The molecule has 0 saturated carbocycles. The molecule has 1 unspecified atom stereocenters. The zero-order valence-corrected chi connectivity index (χ0v) is 24.9. The summed E-state index contributed by atoms with van der Waals surface area (Å²) in [6.45, 7) is 7.07. The van der Waals surface area contributed by atoms with Crippen LogP contribution < -0.4 is 10.6 Å². The van der Waals surface area contributed by atoms with Crippen molar-refractivity contribution < 1.29 is 22.3 Å². The maximum absolute atomic E-state index is 15.1. The summed E-state index contributed by atoms with van der Waals surface area (Å²) in [5, 5.41) is 11.0. The Balaban J connectivity index is 1.30. The standard InChI is InChI=1S/C30H40F4N8O/c1-4-15-43-16-14-41-12-10-24(22(31)18-41)38-29-39-28(35-3)27-21(9-13-42(27)40-29)23-7-8-25-26(37-23)17-20(19(2)36-25)6-5-11-30(32,33)34/h7-9,13,20,22,24H,4-6,10-12,14-18H2,1-3H3,(H2,35,38,39,40)/t20?,22-,24+/m0/s1.